The fraction of sp³-hybridized carbons (Fsp3) is 0.167. The largest absolute Gasteiger partial charge is 0.493 e. The third-order valence-corrected chi connectivity index (χ3v) is 3.66. The number of aromatic amines is 1. The van der Waals surface area contributed by atoms with Gasteiger partial charge in [-0.15, -0.1) is 0 Å². The molecule has 2 aromatic heterocycles. The number of hydrazone groups is 1. The average molecular weight is 370 g/mol. The molecule has 0 aliphatic carbocycles. The molecule has 0 atom stereocenters. The van der Waals surface area contributed by atoms with E-state index >= 15 is 0 Å². The Bertz CT molecular complexity index is 922. The predicted octanol–water partition coefficient (Wildman–Crippen LogP) is 2.46. The summed E-state index contributed by atoms with van der Waals surface area (Å²) >= 11 is 0. The third kappa shape index (κ3) is 3.92. The van der Waals surface area contributed by atoms with Crippen LogP contribution in [0.1, 0.15) is 16.1 Å². The molecule has 3 aromatic rings. The van der Waals surface area contributed by atoms with Gasteiger partial charge in [0.25, 0.3) is 5.91 Å². The Balaban J connectivity index is 1.71. The quantitative estimate of drug-likeness (QED) is 0.488. The molecule has 9 nitrogen and oxygen atoms in total. The number of hydrogen-bond donors (Lipinski definition) is 2. The first-order valence-corrected chi connectivity index (χ1v) is 7.89. The van der Waals surface area contributed by atoms with Crippen LogP contribution in [0, 0.1) is 0 Å². The molecule has 0 saturated carbocycles. The number of hydrogen-bond acceptors (Lipinski definition) is 7. The maximum absolute atomic E-state index is 12.2. The Morgan fingerprint density at radius 1 is 1.19 bits per heavy atom. The van der Waals surface area contributed by atoms with E-state index in [0.717, 1.165) is 0 Å². The topological polar surface area (TPSA) is 111 Å². The van der Waals surface area contributed by atoms with Crippen LogP contribution in [0.25, 0.3) is 11.5 Å². The summed E-state index contributed by atoms with van der Waals surface area (Å²) in [5.74, 6) is 1.57. The molecule has 3 rings (SSSR count). The van der Waals surface area contributed by atoms with Crippen molar-refractivity contribution in [1.29, 1.82) is 0 Å². The van der Waals surface area contributed by atoms with Crippen LogP contribution in [0.4, 0.5) is 0 Å². The van der Waals surface area contributed by atoms with E-state index in [0.29, 0.717) is 34.3 Å². The van der Waals surface area contributed by atoms with Gasteiger partial charge in [0.05, 0.1) is 33.8 Å². The fourth-order valence-corrected chi connectivity index (χ4v) is 2.39. The standard InChI is InChI=1S/C18H18N4O5/c1-24-15-7-11(8-16(25-2)17(15)26-3)10-19-22-18(23)13-9-12(20-21-13)14-5-4-6-27-14/h4-10H,1-3H3,(H,20,21)(H,22,23)/b19-10-. The van der Waals surface area contributed by atoms with Crippen LogP contribution in [0.2, 0.25) is 0 Å². The molecule has 140 valence electrons. The second-order valence-corrected chi connectivity index (χ2v) is 5.30. The minimum absolute atomic E-state index is 0.184. The lowest BCUT2D eigenvalue weighted by atomic mass is 10.2. The minimum atomic E-state index is -0.465. The Hall–Kier alpha value is -3.75. The Morgan fingerprint density at radius 2 is 1.93 bits per heavy atom. The lowest BCUT2D eigenvalue weighted by molar-refractivity contribution is 0.0950. The molecule has 0 bridgehead atoms. The van der Waals surface area contributed by atoms with Gasteiger partial charge in [0.1, 0.15) is 5.69 Å². The van der Waals surface area contributed by atoms with E-state index in [-0.39, 0.29) is 5.69 Å². The number of rotatable bonds is 7. The second kappa shape index (κ2) is 8.09. The summed E-state index contributed by atoms with van der Waals surface area (Å²) in [6, 6.07) is 8.50. The van der Waals surface area contributed by atoms with Crippen molar-refractivity contribution in [2.45, 2.75) is 0 Å². The van der Waals surface area contributed by atoms with E-state index in [2.05, 4.69) is 20.7 Å². The van der Waals surface area contributed by atoms with E-state index in [9.17, 15) is 4.79 Å². The van der Waals surface area contributed by atoms with Gasteiger partial charge in [-0.05, 0) is 24.3 Å². The third-order valence-electron chi connectivity index (χ3n) is 3.66. The van der Waals surface area contributed by atoms with Crippen molar-refractivity contribution >= 4 is 12.1 Å². The lowest BCUT2D eigenvalue weighted by Gasteiger charge is -2.12. The summed E-state index contributed by atoms with van der Waals surface area (Å²) in [7, 11) is 4.57. The molecule has 1 amide bonds. The predicted molar refractivity (Wildman–Crippen MR) is 97.4 cm³/mol. The summed E-state index contributed by atoms with van der Waals surface area (Å²) in [4.78, 5) is 12.2. The van der Waals surface area contributed by atoms with Gasteiger partial charge < -0.3 is 18.6 Å². The monoisotopic (exact) mass is 370 g/mol. The molecule has 0 saturated heterocycles. The average Bonchev–Trinajstić information content (AvgIpc) is 3.38. The summed E-state index contributed by atoms with van der Waals surface area (Å²) < 4.78 is 21.1. The number of aromatic nitrogens is 2. The van der Waals surface area contributed by atoms with E-state index in [1.165, 1.54) is 33.8 Å². The number of furan rings is 1. The van der Waals surface area contributed by atoms with Crippen molar-refractivity contribution in [3.05, 3.63) is 47.9 Å². The van der Waals surface area contributed by atoms with Gasteiger partial charge >= 0.3 is 0 Å². The summed E-state index contributed by atoms with van der Waals surface area (Å²) in [6.45, 7) is 0. The van der Waals surface area contributed by atoms with E-state index < -0.39 is 5.91 Å². The van der Waals surface area contributed by atoms with Gasteiger partial charge in [-0.2, -0.15) is 10.2 Å². The maximum Gasteiger partial charge on any atom is 0.291 e. The molecule has 0 unspecified atom stereocenters. The van der Waals surface area contributed by atoms with Crippen LogP contribution in [0.5, 0.6) is 17.2 Å². The molecule has 2 heterocycles. The normalized spacial score (nSPS) is 10.8. The van der Waals surface area contributed by atoms with E-state index in [1.807, 2.05) is 0 Å². The van der Waals surface area contributed by atoms with Crippen molar-refractivity contribution in [2.75, 3.05) is 21.3 Å². The van der Waals surface area contributed by atoms with Crippen molar-refractivity contribution < 1.29 is 23.4 Å². The number of methoxy groups -OCH3 is 3. The molecule has 2 N–H and O–H groups in total. The van der Waals surface area contributed by atoms with Crippen molar-refractivity contribution in [3.8, 4) is 28.7 Å². The second-order valence-electron chi connectivity index (χ2n) is 5.30. The van der Waals surface area contributed by atoms with Gasteiger partial charge in [-0.25, -0.2) is 5.43 Å². The molecule has 27 heavy (non-hydrogen) atoms. The van der Waals surface area contributed by atoms with Crippen LogP contribution in [-0.2, 0) is 0 Å². The first-order valence-electron chi connectivity index (χ1n) is 7.89. The van der Waals surface area contributed by atoms with Gasteiger partial charge in [-0.3, -0.25) is 9.89 Å². The first kappa shape index (κ1) is 18.1. The van der Waals surface area contributed by atoms with Crippen LogP contribution >= 0.6 is 0 Å². The Labute approximate surface area is 154 Å². The smallest absolute Gasteiger partial charge is 0.291 e. The van der Waals surface area contributed by atoms with Crippen LogP contribution in [-0.4, -0.2) is 43.6 Å². The van der Waals surface area contributed by atoms with Crippen molar-refractivity contribution in [1.82, 2.24) is 15.6 Å². The highest BCUT2D eigenvalue weighted by Crippen LogP contribution is 2.37. The number of H-pyrrole nitrogens is 1. The zero-order chi connectivity index (χ0) is 19.2. The number of nitrogens with one attached hydrogen (secondary N) is 2. The Kier molecular flexibility index (Phi) is 5.41. The number of nitrogens with zero attached hydrogens (tertiary/aromatic N) is 2. The van der Waals surface area contributed by atoms with Crippen molar-refractivity contribution in [2.24, 2.45) is 5.10 Å². The van der Waals surface area contributed by atoms with Gasteiger partial charge in [0.2, 0.25) is 5.75 Å². The van der Waals surface area contributed by atoms with Crippen LogP contribution in [0.3, 0.4) is 0 Å². The zero-order valence-corrected chi connectivity index (χ0v) is 15.0. The van der Waals surface area contributed by atoms with Crippen LogP contribution in [0.15, 0.2) is 46.1 Å². The van der Waals surface area contributed by atoms with E-state index in [4.69, 9.17) is 18.6 Å². The highest BCUT2D eigenvalue weighted by molar-refractivity contribution is 5.94. The highest BCUT2D eigenvalue weighted by atomic mass is 16.5. The SMILES string of the molecule is COc1cc(/C=N\NC(=O)c2cc(-c3ccco3)[nH]n2)cc(OC)c1OC. The van der Waals surface area contributed by atoms with E-state index in [1.54, 1.807) is 30.3 Å². The molecule has 0 radical (unpaired) electrons. The molecule has 1 aromatic carbocycles. The fourth-order valence-electron chi connectivity index (χ4n) is 2.39. The number of carbonyl (C=O) groups excluding carboxylic acids is 1. The van der Waals surface area contributed by atoms with Crippen LogP contribution < -0.4 is 19.6 Å². The molecule has 0 spiro atoms. The van der Waals surface area contributed by atoms with Gasteiger partial charge in [-0.1, -0.05) is 0 Å². The lowest BCUT2D eigenvalue weighted by Crippen LogP contribution is -2.18. The summed E-state index contributed by atoms with van der Waals surface area (Å²) in [5.41, 5.74) is 3.85. The molecular weight excluding hydrogens is 352 g/mol. The number of ether oxygens (including phenoxy) is 3. The maximum atomic E-state index is 12.2. The summed E-state index contributed by atoms with van der Waals surface area (Å²) in [5, 5.41) is 10.6. The van der Waals surface area contributed by atoms with Crippen molar-refractivity contribution in [3.63, 3.8) is 0 Å². The molecule has 9 heteroatoms. The minimum Gasteiger partial charge on any atom is -0.493 e. The number of amides is 1. The molecular formula is C18H18N4O5. The number of carbonyl (C=O) groups is 1. The first-order chi connectivity index (χ1) is 13.2. The van der Waals surface area contributed by atoms with Gasteiger partial charge in [0.15, 0.2) is 23.0 Å². The highest BCUT2D eigenvalue weighted by Gasteiger charge is 2.13. The molecule has 0 fully saturated rings. The Morgan fingerprint density at radius 3 is 2.52 bits per heavy atom. The molecule has 0 aliphatic heterocycles. The van der Waals surface area contributed by atoms with Gasteiger partial charge in [0, 0.05) is 11.6 Å². The molecule has 0 aliphatic rings. The zero-order valence-electron chi connectivity index (χ0n) is 15.0. The summed E-state index contributed by atoms with van der Waals surface area (Å²) in [6.07, 6.45) is 3.00. The number of benzene rings is 1.